The number of fused-ring (bicyclic) bond motifs is 1. The Bertz CT molecular complexity index is 1710. The average molecular weight is 681 g/mol. The number of alkyl halides is 3. The van der Waals surface area contributed by atoms with Gasteiger partial charge in [0.25, 0.3) is 10.0 Å². The van der Waals surface area contributed by atoms with Crippen molar-refractivity contribution in [1.29, 1.82) is 0 Å². The second-order valence-electron chi connectivity index (χ2n) is 11.2. The van der Waals surface area contributed by atoms with Crippen molar-refractivity contribution in [2.24, 2.45) is 5.92 Å². The van der Waals surface area contributed by atoms with E-state index in [0.29, 0.717) is 26.7 Å². The summed E-state index contributed by atoms with van der Waals surface area (Å²) in [6.45, 7) is 2.06. The molecule has 1 saturated carbocycles. The van der Waals surface area contributed by atoms with E-state index in [2.05, 4.69) is 0 Å². The van der Waals surface area contributed by atoms with E-state index in [1.54, 1.807) is 0 Å². The molecule has 2 amide bonds. The van der Waals surface area contributed by atoms with Crippen LogP contribution < -0.4 is 28.5 Å². The SMILES string of the molecule is COc1cc(S(=O)(=O)N2C[C@H](C[C@H](C)C(=O)NS(=O)(=O)C3CC3)Oc3ccc(N(C(=O)[O-])C(C)(C)C(F)(F)F)cc32)ccc1F. The fourth-order valence-corrected chi connectivity index (χ4v) is 7.62. The lowest BCUT2D eigenvalue weighted by Crippen LogP contribution is -2.60. The molecule has 0 bridgehead atoms. The fourth-order valence-electron chi connectivity index (χ4n) is 4.70. The van der Waals surface area contributed by atoms with E-state index < -0.39 is 89.7 Å². The van der Waals surface area contributed by atoms with Gasteiger partial charge in [0.1, 0.15) is 23.5 Å². The van der Waals surface area contributed by atoms with Crippen LogP contribution in [0, 0.1) is 11.7 Å². The summed E-state index contributed by atoms with van der Waals surface area (Å²) in [6, 6.07) is 5.55. The van der Waals surface area contributed by atoms with Crippen molar-refractivity contribution in [3.05, 3.63) is 42.2 Å². The van der Waals surface area contributed by atoms with Gasteiger partial charge in [0.2, 0.25) is 15.9 Å². The number of halogens is 4. The Labute approximate surface area is 257 Å². The maximum absolute atomic E-state index is 14.1. The number of anilines is 2. The van der Waals surface area contributed by atoms with Gasteiger partial charge in [0.05, 0.1) is 29.5 Å². The Morgan fingerprint density at radius 1 is 1.13 bits per heavy atom. The van der Waals surface area contributed by atoms with Crippen molar-refractivity contribution in [3.8, 4) is 11.5 Å². The average Bonchev–Trinajstić information content (AvgIpc) is 3.78. The Morgan fingerprint density at radius 3 is 2.33 bits per heavy atom. The van der Waals surface area contributed by atoms with E-state index >= 15 is 0 Å². The number of hydrogen-bond acceptors (Lipinski definition) is 9. The molecule has 2 aromatic rings. The number of methoxy groups -OCH3 is 1. The zero-order valence-electron chi connectivity index (χ0n) is 24.4. The smallest absolute Gasteiger partial charge is 0.411 e. The van der Waals surface area contributed by atoms with E-state index in [9.17, 15) is 49.1 Å². The highest BCUT2D eigenvalue weighted by molar-refractivity contribution is 7.92. The van der Waals surface area contributed by atoms with E-state index in [1.165, 1.54) is 6.92 Å². The first-order valence-electron chi connectivity index (χ1n) is 13.5. The largest absolute Gasteiger partial charge is 0.530 e. The molecule has 0 unspecified atom stereocenters. The first kappa shape index (κ1) is 34.1. The predicted molar refractivity (Wildman–Crippen MR) is 150 cm³/mol. The molecular weight excluding hydrogens is 650 g/mol. The van der Waals surface area contributed by atoms with Crippen LogP contribution in [0.3, 0.4) is 0 Å². The molecule has 2 aromatic carbocycles. The van der Waals surface area contributed by atoms with Crippen LogP contribution in [0.5, 0.6) is 11.5 Å². The number of carboxylic acid groups (broad SMARTS) is 1. The first-order chi connectivity index (χ1) is 20.7. The summed E-state index contributed by atoms with van der Waals surface area (Å²) in [5.74, 6) is -3.34. The Kier molecular flexibility index (Phi) is 8.97. The number of carbonyl (C=O) groups is 2. The molecule has 0 saturated heterocycles. The second kappa shape index (κ2) is 11.9. The monoisotopic (exact) mass is 680 g/mol. The second-order valence-corrected chi connectivity index (χ2v) is 15.1. The van der Waals surface area contributed by atoms with Crippen LogP contribution in [-0.2, 0) is 24.8 Å². The highest BCUT2D eigenvalue weighted by atomic mass is 32.2. The summed E-state index contributed by atoms with van der Waals surface area (Å²) < 4.78 is 122. The molecule has 18 heteroatoms. The van der Waals surface area contributed by atoms with Crippen LogP contribution in [0.2, 0.25) is 0 Å². The van der Waals surface area contributed by atoms with Gasteiger partial charge in [0, 0.05) is 17.7 Å². The van der Waals surface area contributed by atoms with Gasteiger partial charge in [-0.3, -0.25) is 13.8 Å². The van der Waals surface area contributed by atoms with E-state index in [-0.39, 0.29) is 22.8 Å². The lowest BCUT2D eigenvalue weighted by molar-refractivity contribution is -0.254. The number of nitrogens with one attached hydrogen (secondary N) is 1. The maximum atomic E-state index is 14.1. The highest BCUT2D eigenvalue weighted by Crippen LogP contribution is 2.44. The van der Waals surface area contributed by atoms with E-state index in [4.69, 9.17) is 9.47 Å². The molecule has 1 fully saturated rings. The summed E-state index contributed by atoms with van der Waals surface area (Å²) >= 11 is 0. The number of ether oxygens (including phenoxy) is 2. The van der Waals surface area contributed by atoms with Crippen LogP contribution in [0.15, 0.2) is 41.3 Å². The van der Waals surface area contributed by atoms with Crippen molar-refractivity contribution in [2.75, 3.05) is 22.9 Å². The highest BCUT2D eigenvalue weighted by Gasteiger charge is 2.52. The minimum Gasteiger partial charge on any atom is -0.530 e. The molecule has 248 valence electrons. The molecular formula is C27H30F4N3O9S2-. The molecule has 1 aliphatic heterocycles. The standard InChI is InChI=1S/C27H31F4N3O9S2/c1-15(24(35)32-44(38,39)18-6-7-18)11-17-14-33(45(40,41)19-8-9-20(28)23(13-19)42-4)21-12-16(5-10-22(21)43-17)34(25(36)37)26(2,3)27(29,30)31/h5,8-10,12-13,15,17-18H,6-7,11,14H2,1-4H3,(H,32,35)(H,36,37)/p-1/t15-,17-/m0/s1. The van der Waals surface area contributed by atoms with Crippen molar-refractivity contribution in [3.63, 3.8) is 0 Å². The first-order valence-corrected chi connectivity index (χ1v) is 16.5. The van der Waals surface area contributed by atoms with Gasteiger partial charge in [-0.1, -0.05) is 6.92 Å². The zero-order valence-corrected chi connectivity index (χ0v) is 26.1. The summed E-state index contributed by atoms with van der Waals surface area (Å²) in [4.78, 5) is 24.1. The number of sulfonamides is 2. The van der Waals surface area contributed by atoms with E-state index in [0.717, 1.165) is 47.8 Å². The van der Waals surface area contributed by atoms with Crippen LogP contribution >= 0.6 is 0 Å². The predicted octanol–water partition coefficient (Wildman–Crippen LogP) is 2.92. The molecule has 0 radical (unpaired) electrons. The summed E-state index contributed by atoms with van der Waals surface area (Å²) in [7, 11) is -7.43. The maximum Gasteiger partial charge on any atom is 0.411 e. The number of rotatable bonds is 10. The van der Waals surface area contributed by atoms with Crippen LogP contribution in [0.4, 0.5) is 33.7 Å². The topological polar surface area (TPSA) is 162 Å². The van der Waals surface area contributed by atoms with Crippen molar-refractivity contribution >= 4 is 43.4 Å². The molecule has 0 spiro atoms. The molecule has 1 N–H and O–H groups in total. The van der Waals surface area contributed by atoms with Gasteiger partial charge < -0.3 is 24.3 Å². The number of carbonyl (C=O) groups excluding carboxylic acids is 2. The third kappa shape index (κ3) is 6.75. The molecule has 1 heterocycles. The van der Waals surface area contributed by atoms with Gasteiger partial charge in [-0.15, -0.1) is 0 Å². The molecule has 2 aliphatic rings. The van der Waals surface area contributed by atoms with Crippen molar-refractivity contribution in [1.82, 2.24) is 4.72 Å². The van der Waals surface area contributed by atoms with Crippen molar-refractivity contribution < 1.29 is 58.6 Å². The quantitative estimate of drug-likeness (QED) is 0.372. The van der Waals surface area contributed by atoms with Gasteiger partial charge in [-0.2, -0.15) is 13.2 Å². The summed E-state index contributed by atoms with van der Waals surface area (Å²) in [6.07, 6.45) is -7.74. The van der Waals surface area contributed by atoms with Crippen LogP contribution in [0.1, 0.15) is 40.0 Å². The summed E-state index contributed by atoms with van der Waals surface area (Å²) in [5, 5.41) is 11.3. The molecule has 2 atom stereocenters. The Morgan fingerprint density at radius 2 is 1.78 bits per heavy atom. The fraction of sp³-hybridized carbons (Fsp3) is 0.481. The Hall–Kier alpha value is -3.80. The lowest BCUT2D eigenvalue weighted by atomic mass is 10.0. The number of nitrogens with zero attached hydrogens (tertiary/aromatic N) is 2. The van der Waals surface area contributed by atoms with Gasteiger partial charge in [-0.25, -0.2) is 21.2 Å². The summed E-state index contributed by atoms with van der Waals surface area (Å²) in [5.41, 5.74) is -3.95. The number of hydrogen-bond donors (Lipinski definition) is 1. The van der Waals surface area contributed by atoms with Gasteiger partial charge in [-0.05, 0) is 63.4 Å². The number of amides is 2. The minimum atomic E-state index is -5.06. The lowest BCUT2D eigenvalue weighted by Gasteiger charge is -2.42. The van der Waals surface area contributed by atoms with Crippen molar-refractivity contribution in [2.45, 2.75) is 68.0 Å². The molecule has 1 aliphatic carbocycles. The van der Waals surface area contributed by atoms with Crippen LogP contribution in [-0.4, -0.2) is 65.6 Å². The third-order valence-electron chi connectivity index (χ3n) is 7.55. The van der Waals surface area contributed by atoms with Gasteiger partial charge >= 0.3 is 6.18 Å². The third-order valence-corrected chi connectivity index (χ3v) is 11.2. The molecule has 0 aromatic heterocycles. The molecule has 45 heavy (non-hydrogen) atoms. The zero-order chi connectivity index (χ0) is 33.7. The van der Waals surface area contributed by atoms with E-state index in [1.807, 2.05) is 4.72 Å². The molecule has 12 nitrogen and oxygen atoms in total. The normalized spacial score (nSPS) is 18.0. The van der Waals surface area contributed by atoms with Crippen LogP contribution in [0.25, 0.3) is 0 Å². The van der Waals surface area contributed by atoms with Gasteiger partial charge in [0.15, 0.2) is 11.6 Å². The Balaban J connectivity index is 1.77. The minimum absolute atomic E-state index is 0.0716. The number of benzene rings is 2. The molecule has 4 rings (SSSR count).